The van der Waals surface area contributed by atoms with Gasteiger partial charge in [0.15, 0.2) is 0 Å². The monoisotopic (exact) mass is 340 g/mol. The average Bonchev–Trinajstić information content (AvgIpc) is 1.88. The van der Waals surface area contributed by atoms with Crippen LogP contribution in [-0.4, -0.2) is 45.3 Å². The van der Waals surface area contributed by atoms with E-state index in [-0.39, 0.29) is 49.5 Å². The van der Waals surface area contributed by atoms with Crippen molar-refractivity contribution in [3.05, 3.63) is 0 Å². The van der Waals surface area contributed by atoms with Crippen molar-refractivity contribution in [1.82, 2.24) is 12.3 Å². The molecule has 0 aliphatic rings. The molecule has 108 valence electrons. The van der Waals surface area contributed by atoms with E-state index in [4.69, 9.17) is 10.2 Å². The summed E-state index contributed by atoms with van der Waals surface area (Å²) in [6.45, 7) is 2.27. The van der Waals surface area contributed by atoms with Gasteiger partial charge in [0.25, 0.3) is 0 Å². The van der Waals surface area contributed by atoms with Crippen molar-refractivity contribution in [2.75, 3.05) is 0 Å². The number of quaternary nitrogens is 2. The maximum atomic E-state index is 9.34. The second-order valence-electron chi connectivity index (χ2n) is 1.99. The summed E-state index contributed by atoms with van der Waals surface area (Å²) in [5, 5.41) is 34.6. The summed E-state index contributed by atoms with van der Waals surface area (Å²) >= 11 is 0. The van der Waals surface area contributed by atoms with Gasteiger partial charge in [0, 0.05) is 26.2 Å². The third-order valence-electron chi connectivity index (χ3n) is 0.682. The molecule has 0 bridgehead atoms. The first kappa shape index (κ1) is 43.8. The Hall–Kier alpha value is -0.417. The molecule has 2 unspecified atom stereocenters. The number of carboxylic acid groups (broad SMARTS) is 2. The van der Waals surface area contributed by atoms with E-state index in [2.05, 4.69) is 0 Å². The van der Waals surface area contributed by atoms with E-state index in [0.29, 0.717) is 0 Å². The number of hydrogen-bond donors (Lipinski definition) is 4. The Bertz CT molecular complexity index is 148. The van der Waals surface area contributed by atoms with Crippen molar-refractivity contribution in [2.24, 2.45) is 0 Å². The van der Waals surface area contributed by atoms with Gasteiger partial charge < -0.3 is 53.3 Å². The number of aliphatic hydroxyl groups excluding tert-OH is 2. The zero-order valence-corrected chi connectivity index (χ0v) is 12.6. The summed E-state index contributed by atoms with van der Waals surface area (Å²) in [5.74, 6) is -2.87. The fourth-order valence-corrected chi connectivity index (χ4v) is 0. The van der Waals surface area contributed by atoms with Crippen molar-refractivity contribution >= 4 is 11.9 Å². The van der Waals surface area contributed by atoms with Gasteiger partial charge >= 0.3 is 0 Å². The molecule has 0 amide bonds. The van der Waals surface area contributed by atoms with E-state index in [0.717, 1.165) is 13.8 Å². The van der Waals surface area contributed by atoms with E-state index < -0.39 is 24.1 Å². The molecular formula is C6H22N2O8Zr. The first-order valence-electron chi connectivity index (χ1n) is 3.06. The number of aliphatic hydroxyl groups is 2. The van der Waals surface area contributed by atoms with E-state index in [1.807, 2.05) is 0 Å². The minimum atomic E-state index is -1.44. The van der Waals surface area contributed by atoms with Crippen LogP contribution in [0.5, 0.6) is 0 Å². The van der Waals surface area contributed by atoms with E-state index in [1.165, 1.54) is 0 Å². The molecule has 0 saturated heterocycles. The zero-order chi connectivity index (χ0) is 10.3. The smallest absolute Gasteiger partial charge is 0.0905 e. The van der Waals surface area contributed by atoms with Crippen molar-refractivity contribution in [3.63, 3.8) is 0 Å². The van der Waals surface area contributed by atoms with Crippen LogP contribution in [-0.2, 0) is 35.8 Å². The van der Waals surface area contributed by atoms with Gasteiger partial charge in [-0.2, -0.15) is 0 Å². The Balaban J connectivity index is -0.0000000182. The van der Waals surface area contributed by atoms with Crippen LogP contribution in [0.15, 0.2) is 0 Å². The van der Waals surface area contributed by atoms with Gasteiger partial charge in [-0.3, -0.25) is 0 Å². The quantitative estimate of drug-likeness (QED) is 0.383. The molecule has 0 aliphatic carbocycles. The van der Waals surface area contributed by atoms with E-state index in [9.17, 15) is 19.8 Å². The molecule has 0 rings (SSSR count). The Labute approximate surface area is 118 Å². The van der Waals surface area contributed by atoms with Crippen LogP contribution in [0.1, 0.15) is 13.8 Å². The number of carboxylic acids is 2. The predicted octanol–water partition coefficient (Wildman–Crippen LogP) is -4.67. The zero-order valence-electron chi connectivity index (χ0n) is 10.2. The van der Waals surface area contributed by atoms with Gasteiger partial charge in [0.1, 0.15) is 0 Å². The molecule has 0 radical (unpaired) electrons. The summed E-state index contributed by atoms with van der Waals surface area (Å²) in [5.41, 5.74) is 0. The van der Waals surface area contributed by atoms with E-state index in [1.54, 1.807) is 0 Å². The van der Waals surface area contributed by atoms with Gasteiger partial charge in [0.05, 0.1) is 24.1 Å². The number of rotatable bonds is 2. The maximum Gasteiger partial charge on any atom is 0.0905 e. The van der Waals surface area contributed by atoms with Crippen LogP contribution in [0.25, 0.3) is 0 Å². The Kier molecular flexibility index (Phi) is 63.7. The van der Waals surface area contributed by atoms with Gasteiger partial charge in [0.2, 0.25) is 0 Å². The van der Waals surface area contributed by atoms with Crippen LogP contribution in [0.2, 0.25) is 0 Å². The third-order valence-corrected chi connectivity index (χ3v) is 0.682. The molecule has 0 heterocycles. The SMILES string of the molecule is CC(O)C(=O)[O-].CC(O)C(=O)[O-].O.O.[NH4+].[NH4+].[Zr]. The van der Waals surface area contributed by atoms with Crippen LogP contribution in [0.3, 0.4) is 0 Å². The molecule has 17 heavy (non-hydrogen) atoms. The largest absolute Gasteiger partial charge is 0.547 e. The molecule has 0 aromatic carbocycles. The number of carbonyl (C=O) groups is 2. The minimum Gasteiger partial charge on any atom is -0.547 e. The first-order valence-corrected chi connectivity index (χ1v) is 3.06. The second kappa shape index (κ2) is 24.7. The molecule has 0 saturated carbocycles. The third kappa shape index (κ3) is 50.0. The molecule has 10 nitrogen and oxygen atoms in total. The van der Waals surface area contributed by atoms with Crippen molar-refractivity contribution in [1.29, 1.82) is 0 Å². The molecule has 0 aliphatic heterocycles. The van der Waals surface area contributed by atoms with Crippen LogP contribution in [0, 0.1) is 0 Å². The molecule has 0 aromatic rings. The normalized spacial score (nSPS) is 9.65. The molecule has 0 aromatic heterocycles. The summed E-state index contributed by atoms with van der Waals surface area (Å²) in [6, 6.07) is 0. The van der Waals surface area contributed by atoms with Crippen molar-refractivity contribution < 1.29 is 67.2 Å². The number of hydrogen-bond acceptors (Lipinski definition) is 6. The van der Waals surface area contributed by atoms with Crippen LogP contribution >= 0.6 is 0 Å². The molecule has 0 fully saturated rings. The van der Waals surface area contributed by atoms with Crippen LogP contribution < -0.4 is 22.5 Å². The average molecular weight is 341 g/mol. The summed E-state index contributed by atoms with van der Waals surface area (Å²) < 4.78 is 0. The maximum absolute atomic E-state index is 9.34. The Morgan fingerprint density at radius 2 is 0.941 bits per heavy atom. The van der Waals surface area contributed by atoms with Gasteiger partial charge in [-0.25, -0.2) is 0 Å². The Morgan fingerprint density at radius 3 is 0.941 bits per heavy atom. The number of carbonyl (C=O) groups excluding carboxylic acids is 2. The van der Waals surface area contributed by atoms with E-state index >= 15 is 0 Å². The molecule has 0 spiro atoms. The molecule has 14 N–H and O–H groups in total. The van der Waals surface area contributed by atoms with Crippen molar-refractivity contribution in [2.45, 2.75) is 26.1 Å². The molecular weight excluding hydrogens is 319 g/mol. The van der Waals surface area contributed by atoms with Gasteiger partial charge in [-0.05, 0) is 13.8 Å². The first-order chi connectivity index (χ1) is 5.29. The second-order valence-corrected chi connectivity index (χ2v) is 1.99. The summed E-state index contributed by atoms with van der Waals surface area (Å²) in [6.07, 6.45) is -2.69. The fraction of sp³-hybridized carbons (Fsp3) is 0.667. The fourth-order valence-electron chi connectivity index (χ4n) is 0. The minimum absolute atomic E-state index is 0. The standard InChI is InChI=1S/2C3H6O3.2H3N.2H2O.Zr/c2*1-2(4)3(5)6;;;;;/h2*2,4H,1H3,(H,5,6);2*1H3;2*1H2;. The summed E-state index contributed by atoms with van der Waals surface area (Å²) in [4.78, 5) is 18.7. The van der Waals surface area contributed by atoms with Crippen LogP contribution in [0.4, 0.5) is 0 Å². The predicted molar refractivity (Wildman–Crippen MR) is 52.6 cm³/mol. The van der Waals surface area contributed by atoms with Gasteiger partial charge in [-0.1, -0.05) is 0 Å². The molecule has 2 atom stereocenters. The summed E-state index contributed by atoms with van der Waals surface area (Å²) in [7, 11) is 0. The Morgan fingerprint density at radius 1 is 0.882 bits per heavy atom. The topological polar surface area (TPSA) is 257 Å². The molecule has 11 heteroatoms. The number of aliphatic carboxylic acids is 2. The van der Waals surface area contributed by atoms with Gasteiger partial charge in [-0.15, -0.1) is 0 Å². The van der Waals surface area contributed by atoms with Crippen molar-refractivity contribution in [3.8, 4) is 0 Å².